The first-order valence-corrected chi connectivity index (χ1v) is 11.0. The third-order valence-corrected chi connectivity index (χ3v) is 5.60. The van der Waals surface area contributed by atoms with Crippen molar-refractivity contribution < 1.29 is 55.6 Å². The molecule has 4 rings (SSSR count). The number of pyridine rings is 2. The first-order valence-electron chi connectivity index (χ1n) is 11.0. The topological polar surface area (TPSA) is 122 Å². The van der Waals surface area contributed by atoms with Crippen molar-refractivity contribution >= 4 is 11.9 Å². The molecule has 0 radical (unpaired) electrons. The van der Waals surface area contributed by atoms with Crippen molar-refractivity contribution in [3.05, 3.63) is 60.2 Å². The summed E-state index contributed by atoms with van der Waals surface area (Å²) in [6.07, 6.45) is -4.69. The number of carboxylic acid groups (broad SMARTS) is 2. The van der Waals surface area contributed by atoms with Gasteiger partial charge in [0.15, 0.2) is 0 Å². The number of halogens is 6. The number of carboxylic acids is 2. The van der Waals surface area contributed by atoms with Crippen molar-refractivity contribution in [3.63, 3.8) is 0 Å². The highest BCUT2D eigenvalue weighted by molar-refractivity contribution is 5.73. The van der Waals surface area contributed by atoms with E-state index in [9.17, 15) is 26.3 Å². The van der Waals surface area contributed by atoms with E-state index in [2.05, 4.69) is 27.0 Å². The molecule has 0 spiro atoms. The second-order valence-electron chi connectivity index (χ2n) is 8.52. The van der Waals surface area contributed by atoms with Crippen LogP contribution in [0.25, 0.3) is 0 Å². The summed E-state index contributed by atoms with van der Waals surface area (Å²) >= 11 is 0. The van der Waals surface area contributed by atoms with Crippen LogP contribution in [0.4, 0.5) is 26.3 Å². The van der Waals surface area contributed by atoms with Crippen LogP contribution in [0.3, 0.4) is 0 Å². The van der Waals surface area contributed by atoms with Crippen LogP contribution in [0.1, 0.15) is 11.3 Å². The van der Waals surface area contributed by atoms with Crippen LogP contribution in [0, 0.1) is 11.3 Å². The molecular weight excluding hydrogens is 528 g/mol. The molecule has 2 saturated heterocycles. The summed E-state index contributed by atoms with van der Waals surface area (Å²) in [6.45, 7) is 6.02. The normalized spacial score (nSPS) is 20.9. The Labute approximate surface area is 213 Å². The largest absolute Gasteiger partial charge is 0.490 e. The third-order valence-electron chi connectivity index (χ3n) is 5.60. The maximum Gasteiger partial charge on any atom is 0.490 e. The fourth-order valence-electron chi connectivity index (χ4n) is 3.84. The van der Waals surface area contributed by atoms with Gasteiger partial charge in [-0.15, -0.1) is 0 Å². The molecule has 2 fully saturated rings. The monoisotopic (exact) mass is 553 g/mol. The van der Waals surface area contributed by atoms with Crippen LogP contribution in [0.2, 0.25) is 0 Å². The summed E-state index contributed by atoms with van der Waals surface area (Å²) in [4.78, 5) is 28.8. The first-order chi connectivity index (χ1) is 17.7. The predicted octanol–water partition coefficient (Wildman–Crippen LogP) is 3.41. The number of aromatic nitrogens is 2. The number of carbonyl (C=O) groups is 2. The molecule has 2 aliphatic rings. The molecule has 0 aromatic carbocycles. The summed E-state index contributed by atoms with van der Waals surface area (Å²) < 4.78 is 75.3. The summed E-state index contributed by atoms with van der Waals surface area (Å²) in [5, 5.41) is 14.2. The Bertz CT molecular complexity index is 1000. The summed E-state index contributed by atoms with van der Waals surface area (Å²) in [5.41, 5.74) is 2.42. The molecule has 4 heterocycles. The van der Waals surface area contributed by atoms with E-state index < -0.39 is 24.3 Å². The number of nitrogens with zero attached hydrogens (tertiary/aromatic N) is 3. The zero-order valence-corrected chi connectivity index (χ0v) is 19.8. The standard InChI is InChI=1S/C19H23N3O2.2C2HF3O2/c1-2-6-21-18(3-1)10-22-9-17-12-24-15-19(17,13-22)14-23-11-16-4-7-20-8-5-16;2*3-2(4,5)1(6)7/h1-8,17H,9-15H2;2*(H,6,7)/t17-,19-;;/m1../s1. The Balaban J connectivity index is 0.000000301. The van der Waals surface area contributed by atoms with E-state index in [-0.39, 0.29) is 5.41 Å². The zero-order valence-electron chi connectivity index (χ0n) is 19.8. The number of alkyl halides is 6. The average Bonchev–Trinajstić information content (AvgIpc) is 3.36. The van der Waals surface area contributed by atoms with E-state index in [0.717, 1.165) is 45.1 Å². The van der Waals surface area contributed by atoms with Gasteiger partial charge in [-0.1, -0.05) is 6.07 Å². The summed E-state index contributed by atoms with van der Waals surface area (Å²) in [6, 6.07) is 10.1. The van der Waals surface area contributed by atoms with E-state index >= 15 is 0 Å². The lowest BCUT2D eigenvalue weighted by Gasteiger charge is -2.27. The van der Waals surface area contributed by atoms with Gasteiger partial charge in [-0.2, -0.15) is 26.3 Å². The van der Waals surface area contributed by atoms with Crippen molar-refractivity contribution in [3.8, 4) is 0 Å². The van der Waals surface area contributed by atoms with Crippen LogP contribution in [-0.2, 0) is 32.2 Å². The van der Waals surface area contributed by atoms with Crippen LogP contribution < -0.4 is 0 Å². The molecule has 9 nitrogen and oxygen atoms in total. The van der Waals surface area contributed by atoms with Crippen LogP contribution >= 0.6 is 0 Å². The third kappa shape index (κ3) is 9.87. The Morgan fingerprint density at radius 2 is 1.63 bits per heavy atom. The van der Waals surface area contributed by atoms with Gasteiger partial charge in [0.05, 0.1) is 32.1 Å². The zero-order chi connectivity index (χ0) is 28.4. The second kappa shape index (κ2) is 13.5. The number of hydrogen-bond acceptors (Lipinski definition) is 7. The molecule has 2 aromatic heterocycles. The molecule has 0 bridgehead atoms. The van der Waals surface area contributed by atoms with Gasteiger partial charge in [0.2, 0.25) is 0 Å². The molecule has 210 valence electrons. The fourth-order valence-corrected chi connectivity index (χ4v) is 3.84. The number of ether oxygens (including phenoxy) is 2. The molecule has 0 saturated carbocycles. The van der Waals surface area contributed by atoms with Crippen LogP contribution in [0.15, 0.2) is 48.9 Å². The average molecular weight is 553 g/mol. The van der Waals surface area contributed by atoms with Crippen molar-refractivity contribution in [2.24, 2.45) is 11.3 Å². The molecule has 2 atom stereocenters. The SMILES string of the molecule is O=C(O)C(F)(F)F.O=C(O)C(F)(F)F.c1ccc(CN2C[C@@H]3COC[C@]3(COCc3ccncc3)C2)nc1. The van der Waals surface area contributed by atoms with Gasteiger partial charge in [-0.25, -0.2) is 9.59 Å². The molecule has 2 N–H and O–H groups in total. The maximum absolute atomic E-state index is 10.6. The van der Waals surface area contributed by atoms with E-state index in [1.165, 1.54) is 5.56 Å². The highest BCUT2D eigenvalue weighted by Gasteiger charge is 2.50. The Morgan fingerprint density at radius 3 is 2.16 bits per heavy atom. The highest BCUT2D eigenvalue weighted by atomic mass is 19.4. The highest BCUT2D eigenvalue weighted by Crippen LogP contribution is 2.42. The lowest BCUT2D eigenvalue weighted by molar-refractivity contribution is -0.193. The Kier molecular flexibility index (Phi) is 11.0. The first kappa shape index (κ1) is 30.9. The van der Waals surface area contributed by atoms with Crippen molar-refractivity contribution in [1.82, 2.24) is 14.9 Å². The Hall–Kier alpha value is -3.30. The van der Waals surface area contributed by atoms with Gasteiger partial charge in [0.25, 0.3) is 0 Å². The smallest absolute Gasteiger partial charge is 0.475 e. The molecule has 2 aromatic rings. The van der Waals surface area contributed by atoms with Crippen molar-refractivity contribution in [2.75, 3.05) is 32.9 Å². The molecule has 2 aliphatic heterocycles. The van der Waals surface area contributed by atoms with Gasteiger partial charge in [-0.3, -0.25) is 14.9 Å². The minimum Gasteiger partial charge on any atom is -0.475 e. The van der Waals surface area contributed by atoms with E-state index in [4.69, 9.17) is 29.3 Å². The van der Waals surface area contributed by atoms with Crippen LogP contribution in [-0.4, -0.2) is 82.3 Å². The molecule has 15 heteroatoms. The number of likely N-dealkylation sites (tertiary alicyclic amines) is 1. The molecule has 0 unspecified atom stereocenters. The maximum atomic E-state index is 10.6. The number of aliphatic carboxylic acids is 2. The number of hydrogen-bond donors (Lipinski definition) is 2. The second-order valence-corrected chi connectivity index (χ2v) is 8.52. The van der Waals surface area contributed by atoms with E-state index in [1.54, 1.807) is 0 Å². The van der Waals surface area contributed by atoms with Gasteiger partial charge in [0, 0.05) is 49.6 Å². The summed E-state index contributed by atoms with van der Waals surface area (Å²) in [7, 11) is 0. The number of rotatable bonds is 6. The number of fused-ring (bicyclic) bond motifs is 1. The van der Waals surface area contributed by atoms with Gasteiger partial charge >= 0.3 is 24.3 Å². The lowest BCUT2D eigenvalue weighted by atomic mass is 9.82. The molecule has 0 aliphatic carbocycles. The minimum atomic E-state index is -5.08. The molecule has 38 heavy (non-hydrogen) atoms. The van der Waals surface area contributed by atoms with Gasteiger partial charge < -0.3 is 19.7 Å². The quantitative estimate of drug-likeness (QED) is 0.519. The predicted molar refractivity (Wildman–Crippen MR) is 118 cm³/mol. The van der Waals surface area contributed by atoms with Gasteiger partial charge in [0.1, 0.15) is 0 Å². The van der Waals surface area contributed by atoms with E-state index in [1.807, 2.05) is 36.8 Å². The van der Waals surface area contributed by atoms with Crippen molar-refractivity contribution in [1.29, 1.82) is 0 Å². The molecular formula is C23H25F6N3O6. The molecule has 0 amide bonds. The van der Waals surface area contributed by atoms with Crippen LogP contribution in [0.5, 0.6) is 0 Å². The Morgan fingerprint density at radius 1 is 1.03 bits per heavy atom. The fraction of sp³-hybridized carbons (Fsp3) is 0.478. The van der Waals surface area contributed by atoms with E-state index in [0.29, 0.717) is 12.5 Å². The summed E-state index contributed by atoms with van der Waals surface area (Å²) in [5.74, 6) is -4.96. The van der Waals surface area contributed by atoms with Gasteiger partial charge in [-0.05, 0) is 29.8 Å². The lowest BCUT2D eigenvalue weighted by Crippen LogP contribution is -2.35. The minimum absolute atomic E-state index is 0.127. The van der Waals surface area contributed by atoms with Crippen molar-refractivity contribution in [2.45, 2.75) is 25.5 Å².